The summed E-state index contributed by atoms with van der Waals surface area (Å²) in [6.07, 6.45) is 2.52. The molecular formula is C18H21N3O2S. The Labute approximate surface area is 145 Å². The quantitative estimate of drug-likeness (QED) is 0.908. The SMILES string of the molecule is Cc1nc(-c2ccccc2)c(C(=O)NCCC(=O)N2CCCC2)s1. The van der Waals surface area contributed by atoms with Crippen LogP contribution in [0.2, 0.25) is 0 Å². The number of aryl methyl sites for hydroxylation is 1. The first-order valence-electron chi connectivity index (χ1n) is 8.24. The molecule has 1 saturated heterocycles. The van der Waals surface area contributed by atoms with Crippen molar-refractivity contribution in [2.75, 3.05) is 19.6 Å². The van der Waals surface area contributed by atoms with Crippen LogP contribution in [0.3, 0.4) is 0 Å². The monoisotopic (exact) mass is 343 g/mol. The molecule has 1 aromatic carbocycles. The molecule has 1 fully saturated rings. The first-order chi connectivity index (χ1) is 11.6. The zero-order chi connectivity index (χ0) is 16.9. The number of hydrogen-bond acceptors (Lipinski definition) is 4. The Kier molecular flexibility index (Phi) is 5.25. The molecule has 3 rings (SSSR count). The van der Waals surface area contributed by atoms with E-state index in [1.54, 1.807) is 0 Å². The van der Waals surface area contributed by atoms with E-state index in [4.69, 9.17) is 0 Å². The fraction of sp³-hybridized carbons (Fsp3) is 0.389. The highest BCUT2D eigenvalue weighted by Gasteiger charge is 2.20. The van der Waals surface area contributed by atoms with Crippen LogP contribution in [0.1, 0.15) is 33.9 Å². The molecule has 0 atom stereocenters. The van der Waals surface area contributed by atoms with Crippen LogP contribution in [0.4, 0.5) is 0 Å². The summed E-state index contributed by atoms with van der Waals surface area (Å²) >= 11 is 1.38. The first kappa shape index (κ1) is 16.6. The lowest BCUT2D eigenvalue weighted by molar-refractivity contribution is -0.129. The predicted molar refractivity (Wildman–Crippen MR) is 95.1 cm³/mol. The number of hydrogen-bond donors (Lipinski definition) is 1. The van der Waals surface area contributed by atoms with Gasteiger partial charge in [0.25, 0.3) is 5.91 Å². The number of aromatic nitrogens is 1. The molecule has 6 heteroatoms. The van der Waals surface area contributed by atoms with Gasteiger partial charge in [-0.3, -0.25) is 9.59 Å². The molecule has 0 radical (unpaired) electrons. The van der Waals surface area contributed by atoms with Crippen molar-refractivity contribution < 1.29 is 9.59 Å². The Hall–Kier alpha value is -2.21. The fourth-order valence-electron chi connectivity index (χ4n) is 2.86. The molecule has 0 aliphatic carbocycles. The zero-order valence-corrected chi connectivity index (χ0v) is 14.6. The molecule has 24 heavy (non-hydrogen) atoms. The number of carbonyl (C=O) groups excluding carboxylic acids is 2. The number of likely N-dealkylation sites (tertiary alicyclic amines) is 1. The number of thiazole rings is 1. The lowest BCUT2D eigenvalue weighted by atomic mass is 10.1. The van der Waals surface area contributed by atoms with E-state index in [1.165, 1.54) is 11.3 Å². The number of carbonyl (C=O) groups is 2. The number of rotatable bonds is 5. The second-order valence-electron chi connectivity index (χ2n) is 5.87. The minimum absolute atomic E-state index is 0.122. The zero-order valence-electron chi connectivity index (χ0n) is 13.7. The Morgan fingerprint density at radius 2 is 1.92 bits per heavy atom. The largest absolute Gasteiger partial charge is 0.351 e. The van der Waals surface area contributed by atoms with Crippen molar-refractivity contribution in [1.29, 1.82) is 0 Å². The highest BCUT2D eigenvalue weighted by Crippen LogP contribution is 2.27. The molecule has 1 aliphatic heterocycles. The van der Waals surface area contributed by atoms with E-state index in [1.807, 2.05) is 42.2 Å². The third kappa shape index (κ3) is 3.82. The number of nitrogens with zero attached hydrogens (tertiary/aromatic N) is 2. The van der Waals surface area contributed by atoms with Gasteiger partial charge in [-0.1, -0.05) is 30.3 Å². The van der Waals surface area contributed by atoms with Crippen molar-refractivity contribution in [2.24, 2.45) is 0 Å². The molecule has 0 bridgehead atoms. The molecule has 1 aliphatic rings. The number of benzene rings is 1. The van der Waals surface area contributed by atoms with Gasteiger partial charge in [0.05, 0.1) is 10.7 Å². The molecular weight excluding hydrogens is 322 g/mol. The smallest absolute Gasteiger partial charge is 0.263 e. The van der Waals surface area contributed by atoms with Gasteiger partial charge >= 0.3 is 0 Å². The third-order valence-electron chi connectivity index (χ3n) is 4.07. The van der Waals surface area contributed by atoms with Gasteiger partial charge in [0.1, 0.15) is 4.88 Å². The van der Waals surface area contributed by atoms with Crippen LogP contribution in [-0.4, -0.2) is 41.3 Å². The third-order valence-corrected chi connectivity index (χ3v) is 5.04. The highest BCUT2D eigenvalue weighted by atomic mass is 32.1. The minimum atomic E-state index is -0.159. The van der Waals surface area contributed by atoms with Gasteiger partial charge in [0, 0.05) is 31.6 Å². The van der Waals surface area contributed by atoms with E-state index in [-0.39, 0.29) is 11.8 Å². The Bertz CT molecular complexity index is 721. The average Bonchev–Trinajstić information content (AvgIpc) is 3.25. The lowest BCUT2D eigenvalue weighted by Crippen LogP contribution is -2.32. The lowest BCUT2D eigenvalue weighted by Gasteiger charge is -2.15. The van der Waals surface area contributed by atoms with Gasteiger partial charge in [0.15, 0.2) is 0 Å². The molecule has 2 aromatic rings. The molecule has 1 N–H and O–H groups in total. The van der Waals surface area contributed by atoms with E-state index in [9.17, 15) is 9.59 Å². The van der Waals surface area contributed by atoms with Crippen molar-refractivity contribution in [1.82, 2.24) is 15.2 Å². The summed E-state index contributed by atoms with van der Waals surface area (Å²) in [5, 5.41) is 3.71. The molecule has 2 amide bonds. The van der Waals surface area contributed by atoms with Crippen molar-refractivity contribution in [3.05, 3.63) is 40.2 Å². The molecule has 0 unspecified atom stereocenters. The summed E-state index contributed by atoms with van der Waals surface area (Å²) < 4.78 is 0. The van der Waals surface area contributed by atoms with Crippen molar-refractivity contribution >= 4 is 23.2 Å². The van der Waals surface area contributed by atoms with Gasteiger partial charge in [0.2, 0.25) is 5.91 Å². The molecule has 2 heterocycles. The standard InChI is InChI=1S/C18H21N3O2S/c1-13-20-16(14-7-3-2-4-8-14)17(24-13)18(23)19-10-9-15(22)21-11-5-6-12-21/h2-4,7-8H,5-6,9-12H2,1H3,(H,19,23). The van der Waals surface area contributed by atoms with E-state index >= 15 is 0 Å². The summed E-state index contributed by atoms with van der Waals surface area (Å²) in [7, 11) is 0. The second kappa shape index (κ2) is 7.57. The van der Waals surface area contributed by atoms with Gasteiger partial charge in [-0.25, -0.2) is 4.98 Å². The first-order valence-corrected chi connectivity index (χ1v) is 9.05. The van der Waals surface area contributed by atoms with E-state index in [0.29, 0.717) is 23.5 Å². The Morgan fingerprint density at radius 1 is 1.21 bits per heavy atom. The second-order valence-corrected chi connectivity index (χ2v) is 7.07. The summed E-state index contributed by atoms with van der Waals surface area (Å²) in [6.45, 7) is 3.95. The van der Waals surface area contributed by atoms with Crippen molar-refractivity contribution in [2.45, 2.75) is 26.2 Å². The Balaban J connectivity index is 1.62. The van der Waals surface area contributed by atoms with Crippen molar-refractivity contribution in [3.63, 3.8) is 0 Å². The normalized spacial score (nSPS) is 14.0. The topological polar surface area (TPSA) is 62.3 Å². The van der Waals surface area contributed by atoms with Gasteiger partial charge in [-0.05, 0) is 19.8 Å². The average molecular weight is 343 g/mol. The van der Waals surface area contributed by atoms with E-state index in [2.05, 4.69) is 10.3 Å². The summed E-state index contributed by atoms with van der Waals surface area (Å²) in [5.41, 5.74) is 1.64. The Morgan fingerprint density at radius 3 is 2.62 bits per heavy atom. The number of amides is 2. The summed E-state index contributed by atoms with van der Waals surface area (Å²) in [4.78, 5) is 31.5. The van der Waals surface area contributed by atoms with Crippen LogP contribution in [0.25, 0.3) is 11.3 Å². The van der Waals surface area contributed by atoms with Crippen LogP contribution in [0.15, 0.2) is 30.3 Å². The van der Waals surface area contributed by atoms with Crippen molar-refractivity contribution in [3.8, 4) is 11.3 Å². The summed E-state index contributed by atoms with van der Waals surface area (Å²) in [6, 6.07) is 9.69. The van der Waals surface area contributed by atoms with Gasteiger partial charge < -0.3 is 10.2 Å². The van der Waals surface area contributed by atoms with Gasteiger partial charge in [-0.15, -0.1) is 11.3 Å². The molecule has 1 aromatic heterocycles. The van der Waals surface area contributed by atoms with E-state index in [0.717, 1.165) is 36.5 Å². The van der Waals surface area contributed by atoms with Gasteiger partial charge in [-0.2, -0.15) is 0 Å². The maximum atomic E-state index is 12.5. The number of nitrogens with one attached hydrogen (secondary N) is 1. The minimum Gasteiger partial charge on any atom is -0.351 e. The molecule has 126 valence electrons. The maximum absolute atomic E-state index is 12.5. The molecule has 0 saturated carbocycles. The summed E-state index contributed by atoms with van der Waals surface area (Å²) in [5.74, 6) is -0.0368. The van der Waals surface area contributed by atoms with Crippen LogP contribution in [0, 0.1) is 6.92 Å². The van der Waals surface area contributed by atoms with Crippen LogP contribution in [0.5, 0.6) is 0 Å². The van der Waals surface area contributed by atoms with Crippen LogP contribution >= 0.6 is 11.3 Å². The van der Waals surface area contributed by atoms with Crippen LogP contribution < -0.4 is 5.32 Å². The fourth-order valence-corrected chi connectivity index (χ4v) is 3.72. The molecule has 5 nitrogen and oxygen atoms in total. The van der Waals surface area contributed by atoms with E-state index < -0.39 is 0 Å². The molecule has 0 spiro atoms. The predicted octanol–water partition coefficient (Wildman–Crippen LogP) is 2.86. The highest BCUT2D eigenvalue weighted by molar-refractivity contribution is 7.14. The van der Waals surface area contributed by atoms with Crippen LogP contribution in [-0.2, 0) is 4.79 Å². The maximum Gasteiger partial charge on any atom is 0.263 e.